The van der Waals surface area contributed by atoms with E-state index in [2.05, 4.69) is 54.2 Å². The molecule has 19 heavy (non-hydrogen) atoms. The lowest BCUT2D eigenvalue weighted by Gasteiger charge is -2.15. The number of nitrogens with one attached hydrogen (secondary N) is 1. The molecule has 0 saturated carbocycles. The Bertz CT molecular complexity index is 384. The largest absolute Gasteiger partial charge is 0.356 e. The molecule has 0 fully saturated rings. The van der Waals surface area contributed by atoms with Gasteiger partial charge in [-0.2, -0.15) is 0 Å². The van der Waals surface area contributed by atoms with E-state index in [4.69, 9.17) is 0 Å². The van der Waals surface area contributed by atoms with E-state index in [1.54, 1.807) is 0 Å². The van der Waals surface area contributed by atoms with Crippen LogP contribution in [0, 0.1) is 5.92 Å². The lowest BCUT2D eigenvalue weighted by Crippen LogP contribution is -2.29. The first-order valence-electron chi connectivity index (χ1n) is 7.08. The Morgan fingerprint density at radius 1 is 1.21 bits per heavy atom. The molecule has 0 bridgehead atoms. The van der Waals surface area contributed by atoms with Gasteiger partial charge < -0.3 is 5.32 Å². The minimum Gasteiger partial charge on any atom is -0.356 e. The van der Waals surface area contributed by atoms with Crippen molar-refractivity contribution in [2.75, 3.05) is 6.54 Å². The minimum atomic E-state index is 0.155. The summed E-state index contributed by atoms with van der Waals surface area (Å²) < 4.78 is 1.07. The molecule has 0 aromatic heterocycles. The highest BCUT2D eigenvalue weighted by atomic mass is 79.9. The summed E-state index contributed by atoms with van der Waals surface area (Å²) in [6.45, 7) is 7.24. The monoisotopic (exact) mass is 325 g/mol. The number of amides is 1. The topological polar surface area (TPSA) is 29.1 Å². The third kappa shape index (κ3) is 5.77. The molecule has 1 atom stereocenters. The zero-order valence-electron chi connectivity index (χ0n) is 12.1. The van der Waals surface area contributed by atoms with E-state index in [9.17, 15) is 4.79 Å². The lowest BCUT2D eigenvalue weighted by molar-refractivity contribution is -0.121. The van der Waals surface area contributed by atoms with E-state index >= 15 is 0 Å². The summed E-state index contributed by atoms with van der Waals surface area (Å²) in [5.74, 6) is 1.02. The molecule has 1 aromatic rings. The van der Waals surface area contributed by atoms with Gasteiger partial charge >= 0.3 is 0 Å². The van der Waals surface area contributed by atoms with E-state index < -0.39 is 0 Å². The standard InChI is InChI=1S/C16H24BrNO/c1-4-13(5-2)11-18-16(19)10-12(3)14-6-8-15(17)9-7-14/h6-9,12-13H,4-5,10-11H2,1-3H3,(H,18,19). The molecule has 0 spiro atoms. The van der Waals surface area contributed by atoms with Crippen LogP contribution in [0.15, 0.2) is 28.7 Å². The first-order chi connectivity index (χ1) is 9.06. The van der Waals surface area contributed by atoms with Crippen molar-refractivity contribution in [3.8, 4) is 0 Å². The molecule has 1 amide bonds. The highest BCUT2D eigenvalue weighted by Gasteiger charge is 2.12. The van der Waals surface area contributed by atoms with Crippen molar-refractivity contribution in [2.45, 2.75) is 46.0 Å². The molecule has 1 aromatic carbocycles. The van der Waals surface area contributed by atoms with Crippen molar-refractivity contribution in [3.05, 3.63) is 34.3 Å². The molecule has 2 nitrogen and oxygen atoms in total. The number of benzene rings is 1. The first kappa shape index (κ1) is 16.2. The molecule has 1 rings (SSSR count). The average Bonchev–Trinajstić information content (AvgIpc) is 2.40. The first-order valence-corrected chi connectivity index (χ1v) is 7.88. The van der Waals surface area contributed by atoms with Gasteiger partial charge in [-0.25, -0.2) is 0 Å². The fourth-order valence-corrected chi connectivity index (χ4v) is 2.36. The Morgan fingerprint density at radius 3 is 2.32 bits per heavy atom. The molecule has 0 aliphatic carbocycles. The molecule has 0 aliphatic heterocycles. The van der Waals surface area contributed by atoms with Crippen molar-refractivity contribution >= 4 is 21.8 Å². The van der Waals surface area contributed by atoms with Crippen molar-refractivity contribution in [3.63, 3.8) is 0 Å². The van der Waals surface area contributed by atoms with Gasteiger partial charge in [0.25, 0.3) is 0 Å². The van der Waals surface area contributed by atoms with Crippen LogP contribution in [0.3, 0.4) is 0 Å². The molecule has 1 N–H and O–H groups in total. The number of hydrogen-bond acceptors (Lipinski definition) is 1. The molecular formula is C16H24BrNO. The Labute approximate surface area is 125 Å². The van der Waals surface area contributed by atoms with Crippen molar-refractivity contribution in [1.29, 1.82) is 0 Å². The zero-order chi connectivity index (χ0) is 14.3. The third-order valence-electron chi connectivity index (χ3n) is 3.67. The number of halogens is 1. The zero-order valence-corrected chi connectivity index (χ0v) is 13.7. The van der Waals surface area contributed by atoms with Crippen LogP contribution >= 0.6 is 15.9 Å². The van der Waals surface area contributed by atoms with Gasteiger partial charge in [-0.05, 0) is 29.5 Å². The van der Waals surface area contributed by atoms with Crippen LogP contribution < -0.4 is 5.32 Å². The van der Waals surface area contributed by atoms with Crippen molar-refractivity contribution in [2.24, 2.45) is 5.92 Å². The Balaban J connectivity index is 2.41. The quantitative estimate of drug-likeness (QED) is 0.785. The lowest BCUT2D eigenvalue weighted by atomic mass is 9.97. The van der Waals surface area contributed by atoms with Gasteiger partial charge in [-0.3, -0.25) is 4.79 Å². The Kier molecular flexibility index (Phi) is 7.14. The predicted molar refractivity (Wildman–Crippen MR) is 84.3 cm³/mol. The van der Waals surface area contributed by atoms with Crippen LogP contribution in [-0.2, 0) is 4.79 Å². The molecule has 0 aliphatic rings. The fraction of sp³-hybridized carbons (Fsp3) is 0.562. The molecule has 1 unspecified atom stereocenters. The number of hydrogen-bond donors (Lipinski definition) is 1. The van der Waals surface area contributed by atoms with E-state index in [1.807, 2.05) is 12.1 Å². The summed E-state index contributed by atoms with van der Waals surface area (Å²) in [4.78, 5) is 11.9. The van der Waals surface area contributed by atoms with Gasteiger partial charge in [0.1, 0.15) is 0 Å². The van der Waals surface area contributed by atoms with Crippen LogP contribution in [0.5, 0.6) is 0 Å². The smallest absolute Gasteiger partial charge is 0.220 e. The molecular weight excluding hydrogens is 302 g/mol. The van der Waals surface area contributed by atoms with Crippen LogP contribution in [-0.4, -0.2) is 12.5 Å². The number of carbonyl (C=O) groups excluding carboxylic acids is 1. The average molecular weight is 326 g/mol. The van der Waals surface area contributed by atoms with E-state index in [0.29, 0.717) is 12.3 Å². The van der Waals surface area contributed by atoms with Gasteiger partial charge in [-0.15, -0.1) is 0 Å². The molecule has 0 saturated heterocycles. The normalized spacial score (nSPS) is 12.5. The SMILES string of the molecule is CCC(CC)CNC(=O)CC(C)c1ccc(Br)cc1. The van der Waals surface area contributed by atoms with Crippen LogP contribution in [0.1, 0.15) is 51.5 Å². The van der Waals surface area contributed by atoms with E-state index in [1.165, 1.54) is 5.56 Å². The molecule has 106 valence electrons. The molecule has 0 heterocycles. The number of rotatable bonds is 7. The maximum absolute atomic E-state index is 11.9. The van der Waals surface area contributed by atoms with Gasteiger partial charge in [-0.1, -0.05) is 61.7 Å². The molecule has 3 heteroatoms. The maximum atomic E-state index is 11.9. The second-order valence-corrected chi connectivity index (χ2v) is 6.06. The summed E-state index contributed by atoms with van der Waals surface area (Å²) in [7, 11) is 0. The summed E-state index contributed by atoms with van der Waals surface area (Å²) in [6, 6.07) is 8.19. The summed E-state index contributed by atoms with van der Waals surface area (Å²) >= 11 is 3.42. The summed E-state index contributed by atoms with van der Waals surface area (Å²) in [5.41, 5.74) is 1.21. The highest BCUT2D eigenvalue weighted by molar-refractivity contribution is 9.10. The Hall–Kier alpha value is -0.830. The summed E-state index contributed by atoms with van der Waals surface area (Å²) in [6.07, 6.45) is 2.81. The van der Waals surface area contributed by atoms with E-state index in [0.717, 1.165) is 23.9 Å². The Morgan fingerprint density at radius 2 is 1.79 bits per heavy atom. The minimum absolute atomic E-state index is 0.155. The second kappa shape index (κ2) is 8.36. The van der Waals surface area contributed by atoms with Crippen molar-refractivity contribution in [1.82, 2.24) is 5.32 Å². The van der Waals surface area contributed by atoms with Gasteiger partial charge in [0, 0.05) is 17.4 Å². The fourth-order valence-electron chi connectivity index (χ4n) is 2.09. The highest BCUT2D eigenvalue weighted by Crippen LogP contribution is 2.21. The van der Waals surface area contributed by atoms with Crippen molar-refractivity contribution < 1.29 is 4.79 Å². The number of carbonyl (C=O) groups is 1. The second-order valence-electron chi connectivity index (χ2n) is 5.14. The maximum Gasteiger partial charge on any atom is 0.220 e. The van der Waals surface area contributed by atoms with Crippen LogP contribution in [0.4, 0.5) is 0 Å². The van der Waals surface area contributed by atoms with Crippen LogP contribution in [0.25, 0.3) is 0 Å². The van der Waals surface area contributed by atoms with E-state index in [-0.39, 0.29) is 11.8 Å². The van der Waals surface area contributed by atoms with Gasteiger partial charge in [0.05, 0.1) is 0 Å². The van der Waals surface area contributed by atoms with Gasteiger partial charge in [0.2, 0.25) is 5.91 Å². The molecule has 0 radical (unpaired) electrons. The predicted octanol–water partition coefficient (Wildman–Crippen LogP) is 4.50. The van der Waals surface area contributed by atoms with Gasteiger partial charge in [0.15, 0.2) is 0 Å². The summed E-state index contributed by atoms with van der Waals surface area (Å²) in [5, 5.41) is 3.05. The van der Waals surface area contributed by atoms with Crippen LogP contribution in [0.2, 0.25) is 0 Å². The third-order valence-corrected chi connectivity index (χ3v) is 4.20.